The predicted molar refractivity (Wildman–Crippen MR) is 233 cm³/mol. The van der Waals surface area contributed by atoms with Crippen molar-refractivity contribution in [2.24, 2.45) is 0 Å². The molecule has 55 heavy (non-hydrogen) atoms. The molecule has 6 nitrogen and oxygen atoms in total. The van der Waals surface area contributed by atoms with Crippen LogP contribution in [-0.4, -0.2) is 37.2 Å². The van der Waals surface area contributed by atoms with Crippen LogP contribution in [-0.2, 0) is 28.6 Å². The lowest BCUT2D eigenvalue weighted by Crippen LogP contribution is -2.30. The number of hydrogen-bond acceptors (Lipinski definition) is 6. The lowest BCUT2D eigenvalue weighted by molar-refractivity contribution is -0.167. The highest BCUT2D eigenvalue weighted by molar-refractivity contribution is 5.71. The van der Waals surface area contributed by atoms with Crippen molar-refractivity contribution in [1.29, 1.82) is 0 Å². The summed E-state index contributed by atoms with van der Waals surface area (Å²) < 4.78 is 16.7. The molecular weight excluding hydrogens is 685 g/mol. The van der Waals surface area contributed by atoms with Crippen LogP contribution < -0.4 is 0 Å². The average molecular weight is 771 g/mol. The molecule has 0 bridgehead atoms. The summed E-state index contributed by atoms with van der Waals surface area (Å²) in [6.07, 6.45) is 51.0. The highest BCUT2D eigenvalue weighted by Crippen LogP contribution is 2.15. The van der Waals surface area contributed by atoms with Crippen molar-refractivity contribution in [1.82, 2.24) is 0 Å². The van der Waals surface area contributed by atoms with E-state index in [9.17, 15) is 14.4 Å². The number of carbonyl (C=O) groups is 3. The van der Waals surface area contributed by atoms with Gasteiger partial charge in [0.25, 0.3) is 0 Å². The first-order chi connectivity index (χ1) is 27.0. The SMILES string of the molecule is CC/C=C\C/C=C\CCCCCCCCCC(=O)OCC(COC(=O)CCCC/C=C\C/C=C\CC)OC(=O)CCCCCCCCCCCCCCCC. The van der Waals surface area contributed by atoms with Gasteiger partial charge in [-0.05, 0) is 70.6 Å². The molecule has 0 aromatic heterocycles. The van der Waals surface area contributed by atoms with Gasteiger partial charge in [0.15, 0.2) is 6.10 Å². The predicted octanol–water partition coefficient (Wildman–Crippen LogP) is 14.8. The Bertz CT molecular complexity index is 980. The maximum atomic E-state index is 12.7. The van der Waals surface area contributed by atoms with Crippen molar-refractivity contribution in [3.8, 4) is 0 Å². The van der Waals surface area contributed by atoms with Crippen LogP contribution in [0.2, 0.25) is 0 Å². The molecule has 0 fully saturated rings. The topological polar surface area (TPSA) is 78.9 Å². The number of allylic oxidation sites excluding steroid dienone is 8. The van der Waals surface area contributed by atoms with Gasteiger partial charge in [0.2, 0.25) is 0 Å². The van der Waals surface area contributed by atoms with Crippen LogP contribution >= 0.6 is 0 Å². The van der Waals surface area contributed by atoms with E-state index < -0.39 is 6.10 Å². The highest BCUT2D eigenvalue weighted by Gasteiger charge is 2.19. The molecule has 0 spiro atoms. The van der Waals surface area contributed by atoms with Crippen LogP contribution in [0.1, 0.15) is 226 Å². The molecular formula is C49H86O6. The first-order valence-electron chi connectivity index (χ1n) is 23.1. The van der Waals surface area contributed by atoms with Gasteiger partial charge >= 0.3 is 17.9 Å². The second-order valence-electron chi connectivity index (χ2n) is 15.3. The van der Waals surface area contributed by atoms with Crippen molar-refractivity contribution in [2.75, 3.05) is 13.2 Å². The van der Waals surface area contributed by atoms with E-state index in [1.807, 2.05) is 0 Å². The van der Waals surface area contributed by atoms with Gasteiger partial charge in [-0.3, -0.25) is 14.4 Å². The number of unbranched alkanes of at least 4 members (excludes halogenated alkanes) is 22. The summed E-state index contributed by atoms with van der Waals surface area (Å²) in [4.78, 5) is 37.7. The zero-order chi connectivity index (χ0) is 40.1. The van der Waals surface area contributed by atoms with Gasteiger partial charge < -0.3 is 14.2 Å². The Hall–Kier alpha value is -2.63. The van der Waals surface area contributed by atoms with Crippen LogP contribution in [0, 0.1) is 0 Å². The Morgan fingerprint density at radius 1 is 0.382 bits per heavy atom. The summed E-state index contributed by atoms with van der Waals surface area (Å²) in [7, 11) is 0. The number of rotatable bonds is 41. The minimum Gasteiger partial charge on any atom is -0.462 e. The maximum Gasteiger partial charge on any atom is 0.306 e. The van der Waals surface area contributed by atoms with Gasteiger partial charge in [-0.15, -0.1) is 0 Å². The lowest BCUT2D eigenvalue weighted by atomic mass is 10.0. The third-order valence-corrected chi connectivity index (χ3v) is 9.83. The summed E-state index contributed by atoms with van der Waals surface area (Å²) in [5.74, 6) is -0.930. The molecule has 0 aliphatic heterocycles. The Kier molecular flexibility index (Phi) is 42.0. The average Bonchev–Trinajstić information content (AvgIpc) is 3.18. The molecule has 0 saturated heterocycles. The van der Waals surface area contributed by atoms with E-state index in [1.54, 1.807) is 0 Å². The van der Waals surface area contributed by atoms with Gasteiger partial charge in [0, 0.05) is 19.3 Å². The molecule has 0 aliphatic rings. The Labute approximate surface area is 339 Å². The fourth-order valence-electron chi connectivity index (χ4n) is 6.40. The minimum absolute atomic E-state index is 0.0861. The molecule has 0 rings (SSSR count). The fourth-order valence-corrected chi connectivity index (χ4v) is 6.40. The van der Waals surface area contributed by atoms with E-state index >= 15 is 0 Å². The van der Waals surface area contributed by atoms with Crippen molar-refractivity contribution in [2.45, 2.75) is 232 Å². The van der Waals surface area contributed by atoms with E-state index in [-0.39, 0.29) is 31.1 Å². The zero-order valence-corrected chi connectivity index (χ0v) is 36.2. The molecule has 0 amide bonds. The summed E-state index contributed by atoms with van der Waals surface area (Å²) in [5.41, 5.74) is 0. The third-order valence-electron chi connectivity index (χ3n) is 9.83. The Balaban J connectivity index is 4.36. The fraction of sp³-hybridized carbons (Fsp3) is 0.776. The quantitative estimate of drug-likeness (QED) is 0.0267. The van der Waals surface area contributed by atoms with Gasteiger partial charge in [-0.1, -0.05) is 185 Å². The van der Waals surface area contributed by atoms with Crippen LogP contribution in [0.4, 0.5) is 0 Å². The molecule has 1 atom stereocenters. The molecule has 0 saturated carbocycles. The van der Waals surface area contributed by atoms with Crippen LogP contribution in [0.25, 0.3) is 0 Å². The van der Waals surface area contributed by atoms with E-state index in [1.165, 1.54) is 96.3 Å². The van der Waals surface area contributed by atoms with E-state index in [0.29, 0.717) is 19.3 Å². The molecule has 0 N–H and O–H groups in total. The summed E-state index contributed by atoms with van der Waals surface area (Å²) in [6, 6.07) is 0. The third kappa shape index (κ3) is 42.4. The lowest BCUT2D eigenvalue weighted by Gasteiger charge is -2.18. The number of esters is 3. The molecule has 0 aliphatic carbocycles. The second kappa shape index (κ2) is 44.1. The van der Waals surface area contributed by atoms with Crippen LogP contribution in [0.15, 0.2) is 48.6 Å². The van der Waals surface area contributed by atoms with Gasteiger partial charge in [-0.25, -0.2) is 0 Å². The van der Waals surface area contributed by atoms with Crippen molar-refractivity contribution >= 4 is 17.9 Å². The standard InChI is InChI=1S/C49H86O6/c1-4-7-10-13-16-19-21-23-25-27-30-33-36-39-42-48(51)54-45-46(44-53-47(50)41-38-35-32-29-18-15-12-9-6-3)55-49(52)43-40-37-34-31-28-26-24-22-20-17-14-11-8-5-2/h7,9-10,12,16,18-19,29,46H,4-6,8,11,13-15,17,20-28,30-45H2,1-3H3/b10-7-,12-9-,19-16-,29-18-. The van der Waals surface area contributed by atoms with Gasteiger partial charge in [-0.2, -0.15) is 0 Å². The van der Waals surface area contributed by atoms with E-state index in [2.05, 4.69) is 69.4 Å². The van der Waals surface area contributed by atoms with Gasteiger partial charge in [0.1, 0.15) is 13.2 Å². The Morgan fingerprint density at radius 2 is 0.709 bits per heavy atom. The Morgan fingerprint density at radius 3 is 1.13 bits per heavy atom. The first kappa shape index (κ1) is 52.4. The monoisotopic (exact) mass is 771 g/mol. The molecule has 0 heterocycles. The highest BCUT2D eigenvalue weighted by atomic mass is 16.6. The summed E-state index contributed by atoms with van der Waals surface area (Å²) >= 11 is 0. The minimum atomic E-state index is -0.784. The maximum absolute atomic E-state index is 12.7. The molecule has 0 aromatic rings. The first-order valence-corrected chi connectivity index (χ1v) is 23.1. The molecule has 318 valence electrons. The van der Waals surface area contributed by atoms with Crippen LogP contribution in [0.3, 0.4) is 0 Å². The number of carbonyl (C=O) groups excluding carboxylic acids is 3. The second-order valence-corrected chi connectivity index (χ2v) is 15.3. The summed E-state index contributed by atoms with van der Waals surface area (Å²) in [6.45, 7) is 6.37. The van der Waals surface area contributed by atoms with E-state index in [4.69, 9.17) is 14.2 Å². The summed E-state index contributed by atoms with van der Waals surface area (Å²) in [5, 5.41) is 0. The van der Waals surface area contributed by atoms with Crippen molar-refractivity contribution < 1.29 is 28.6 Å². The zero-order valence-electron chi connectivity index (χ0n) is 36.2. The molecule has 6 heteroatoms. The number of hydrogen-bond donors (Lipinski definition) is 0. The van der Waals surface area contributed by atoms with Crippen molar-refractivity contribution in [3.63, 3.8) is 0 Å². The molecule has 0 radical (unpaired) electrons. The van der Waals surface area contributed by atoms with Crippen molar-refractivity contribution in [3.05, 3.63) is 48.6 Å². The van der Waals surface area contributed by atoms with Crippen LogP contribution in [0.5, 0.6) is 0 Å². The molecule has 0 aromatic carbocycles. The molecule has 1 unspecified atom stereocenters. The number of ether oxygens (including phenoxy) is 3. The normalized spacial score (nSPS) is 12.4. The van der Waals surface area contributed by atoms with Gasteiger partial charge in [0.05, 0.1) is 0 Å². The van der Waals surface area contributed by atoms with E-state index in [0.717, 1.165) is 89.9 Å². The smallest absolute Gasteiger partial charge is 0.306 e. The largest absolute Gasteiger partial charge is 0.462 e.